The standard InChI is InChI=1S/C18H14O/c1-12(2)16-17(13-8-4-3-5-9-13)14-10-6-7-11-15(14)18(16)19/h3-11H,1H2,2H3. The normalized spacial score (nSPS) is 13.6. The Labute approximate surface area is 112 Å². The molecule has 92 valence electrons. The van der Waals surface area contributed by atoms with Gasteiger partial charge in [-0.05, 0) is 23.6 Å². The zero-order valence-electron chi connectivity index (χ0n) is 10.8. The highest BCUT2D eigenvalue weighted by Crippen LogP contribution is 2.39. The summed E-state index contributed by atoms with van der Waals surface area (Å²) < 4.78 is 0. The summed E-state index contributed by atoms with van der Waals surface area (Å²) >= 11 is 0. The van der Waals surface area contributed by atoms with Gasteiger partial charge in [-0.25, -0.2) is 0 Å². The highest BCUT2D eigenvalue weighted by molar-refractivity contribution is 6.25. The maximum absolute atomic E-state index is 12.5. The topological polar surface area (TPSA) is 17.1 Å². The van der Waals surface area contributed by atoms with Gasteiger partial charge in [0.25, 0.3) is 0 Å². The van der Waals surface area contributed by atoms with Crippen LogP contribution in [-0.4, -0.2) is 5.78 Å². The van der Waals surface area contributed by atoms with Crippen molar-refractivity contribution in [2.24, 2.45) is 0 Å². The van der Waals surface area contributed by atoms with Crippen LogP contribution in [0.25, 0.3) is 5.57 Å². The Kier molecular flexibility index (Phi) is 2.68. The molecule has 0 aliphatic heterocycles. The fraction of sp³-hybridized carbons (Fsp3) is 0.0556. The number of allylic oxidation sites excluding steroid dienone is 2. The maximum atomic E-state index is 12.5. The lowest BCUT2D eigenvalue weighted by atomic mass is 9.95. The zero-order chi connectivity index (χ0) is 13.4. The maximum Gasteiger partial charge on any atom is 0.194 e. The van der Waals surface area contributed by atoms with Gasteiger partial charge < -0.3 is 0 Å². The van der Waals surface area contributed by atoms with Gasteiger partial charge in [0.15, 0.2) is 5.78 Å². The SMILES string of the molecule is C=C(C)C1=C(c2ccccc2)c2ccccc2C1=O. The van der Waals surface area contributed by atoms with Crippen LogP contribution < -0.4 is 0 Å². The van der Waals surface area contributed by atoms with Gasteiger partial charge in [0, 0.05) is 16.7 Å². The van der Waals surface area contributed by atoms with Crippen molar-refractivity contribution in [2.75, 3.05) is 0 Å². The van der Waals surface area contributed by atoms with Crippen LogP contribution in [-0.2, 0) is 0 Å². The van der Waals surface area contributed by atoms with Crippen molar-refractivity contribution >= 4 is 11.4 Å². The molecule has 1 aliphatic rings. The molecule has 0 atom stereocenters. The zero-order valence-corrected chi connectivity index (χ0v) is 10.8. The van der Waals surface area contributed by atoms with Gasteiger partial charge in [0.05, 0.1) is 0 Å². The quantitative estimate of drug-likeness (QED) is 0.773. The number of carbonyl (C=O) groups is 1. The fourth-order valence-electron chi connectivity index (χ4n) is 2.59. The third-order valence-corrected chi connectivity index (χ3v) is 3.41. The number of ketones is 1. The van der Waals surface area contributed by atoms with Gasteiger partial charge in [-0.1, -0.05) is 61.2 Å². The molecule has 2 aromatic rings. The molecule has 0 amide bonds. The van der Waals surface area contributed by atoms with Gasteiger partial charge in [-0.3, -0.25) is 4.79 Å². The predicted molar refractivity (Wildman–Crippen MR) is 78.1 cm³/mol. The molecule has 0 saturated carbocycles. The summed E-state index contributed by atoms with van der Waals surface area (Å²) in [6.07, 6.45) is 0. The average Bonchev–Trinajstić information content (AvgIpc) is 2.74. The van der Waals surface area contributed by atoms with Crippen molar-refractivity contribution in [3.8, 4) is 0 Å². The number of Topliss-reactive ketones (excluding diaryl/α,β-unsaturated/α-hetero) is 1. The van der Waals surface area contributed by atoms with Crippen molar-refractivity contribution in [1.29, 1.82) is 0 Å². The first-order chi connectivity index (χ1) is 9.20. The minimum atomic E-state index is 0.0851. The second-order valence-corrected chi connectivity index (χ2v) is 4.77. The highest BCUT2D eigenvalue weighted by atomic mass is 16.1. The molecule has 0 heterocycles. The molecule has 0 unspecified atom stereocenters. The van der Waals surface area contributed by atoms with Crippen LogP contribution in [0.4, 0.5) is 0 Å². The average molecular weight is 246 g/mol. The summed E-state index contributed by atoms with van der Waals surface area (Å²) in [5, 5.41) is 0. The monoisotopic (exact) mass is 246 g/mol. The van der Waals surface area contributed by atoms with Crippen molar-refractivity contribution < 1.29 is 4.79 Å². The molecular formula is C18H14O. The van der Waals surface area contributed by atoms with Gasteiger partial charge >= 0.3 is 0 Å². The molecule has 0 aromatic heterocycles. The van der Waals surface area contributed by atoms with Crippen molar-refractivity contribution in [2.45, 2.75) is 6.92 Å². The smallest absolute Gasteiger partial charge is 0.194 e. The van der Waals surface area contributed by atoms with Crippen LogP contribution >= 0.6 is 0 Å². The molecule has 0 fully saturated rings. The largest absolute Gasteiger partial charge is 0.289 e. The summed E-state index contributed by atoms with van der Waals surface area (Å²) in [4.78, 5) is 12.5. The van der Waals surface area contributed by atoms with E-state index in [1.54, 1.807) is 0 Å². The number of rotatable bonds is 2. The van der Waals surface area contributed by atoms with E-state index in [0.717, 1.165) is 33.4 Å². The van der Waals surface area contributed by atoms with Crippen molar-refractivity contribution in [3.05, 3.63) is 89.0 Å². The van der Waals surface area contributed by atoms with Crippen LogP contribution in [0.3, 0.4) is 0 Å². The molecule has 2 aromatic carbocycles. The lowest BCUT2D eigenvalue weighted by Gasteiger charge is -2.07. The van der Waals surface area contributed by atoms with E-state index in [1.165, 1.54) is 0 Å². The Morgan fingerprint density at radius 2 is 1.47 bits per heavy atom. The minimum Gasteiger partial charge on any atom is -0.289 e. The molecule has 0 spiro atoms. The molecule has 1 heteroatoms. The van der Waals surface area contributed by atoms with E-state index in [9.17, 15) is 4.79 Å². The van der Waals surface area contributed by atoms with E-state index in [0.29, 0.717) is 0 Å². The van der Waals surface area contributed by atoms with E-state index in [2.05, 4.69) is 6.58 Å². The second-order valence-electron chi connectivity index (χ2n) is 4.77. The van der Waals surface area contributed by atoms with E-state index in [1.807, 2.05) is 61.5 Å². The minimum absolute atomic E-state index is 0.0851. The van der Waals surface area contributed by atoms with Gasteiger partial charge in [0.1, 0.15) is 0 Å². The molecule has 19 heavy (non-hydrogen) atoms. The molecule has 0 saturated heterocycles. The van der Waals surface area contributed by atoms with Crippen molar-refractivity contribution in [1.82, 2.24) is 0 Å². The number of hydrogen-bond acceptors (Lipinski definition) is 1. The molecular weight excluding hydrogens is 232 g/mol. The number of benzene rings is 2. The molecule has 0 bridgehead atoms. The molecule has 1 nitrogen and oxygen atoms in total. The summed E-state index contributed by atoms with van der Waals surface area (Å²) in [5.41, 5.74) is 5.43. The highest BCUT2D eigenvalue weighted by Gasteiger charge is 2.29. The Morgan fingerprint density at radius 1 is 0.895 bits per heavy atom. The van der Waals surface area contributed by atoms with Crippen molar-refractivity contribution in [3.63, 3.8) is 0 Å². The first-order valence-corrected chi connectivity index (χ1v) is 6.30. The third kappa shape index (κ3) is 1.75. The molecule has 0 N–H and O–H groups in total. The van der Waals surface area contributed by atoms with E-state index >= 15 is 0 Å². The Bertz CT molecular complexity index is 705. The predicted octanol–water partition coefficient (Wildman–Crippen LogP) is 4.26. The second kappa shape index (κ2) is 4.36. The van der Waals surface area contributed by atoms with Gasteiger partial charge in [-0.2, -0.15) is 0 Å². The van der Waals surface area contributed by atoms with Crippen LogP contribution in [0, 0.1) is 0 Å². The Hall–Kier alpha value is -2.41. The van der Waals surface area contributed by atoms with Gasteiger partial charge in [0.2, 0.25) is 0 Å². The first-order valence-electron chi connectivity index (χ1n) is 6.30. The summed E-state index contributed by atoms with van der Waals surface area (Å²) in [6, 6.07) is 17.8. The van der Waals surface area contributed by atoms with E-state index in [4.69, 9.17) is 0 Å². The lowest BCUT2D eigenvalue weighted by Crippen LogP contribution is -1.99. The number of carbonyl (C=O) groups excluding carboxylic acids is 1. The Morgan fingerprint density at radius 3 is 2.11 bits per heavy atom. The van der Waals surface area contributed by atoms with E-state index in [-0.39, 0.29) is 5.78 Å². The van der Waals surface area contributed by atoms with Crippen LogP contribution in [0.15, 0.2) is 72.3 Å². The lowest BCUT2D eigenvalue weighted by molar-refractivity contribution is 0.104. The number of hydrogen-bond donors (Lipinski definition) is 0. The Balaban J connectivity index is 2.33. The summed E-state index contributed by atoms with van der Waals surface area (Å²) in [5.74, 6) is 0.0851. The van der Waals surface area contributed by atoms with Crippen LogP contribution in [0.5, 0.6) is 0 Å². The van der Waals surface area contributed by atoms with Gasteiger partial charge in [-0.15, -0.1) is 0 Å². The van der Waals surface area contributed by atoms with Crippen LogP contribution in [0.1, 0.15) is 28.4 Å². The van der Waals surface area contributed by atoms with E-state index < -0.39 is 0 Å². The summed E-state index contributed by atoms with van der Waals surface area (Å²) in [6.45, 7) is 5.86. The fourth-order valence-corrected chi connectivity index (χ4v) is 2.59. The molecule has 1 aliphatic carbocycles. The van der Waals surface area contributed by atoms with Crippen LogP contribution in [0.2, 0.25) is 0 Å². The molecule has 3 rings (SSSR count). The molecule has 0 radical (unpaired) electrons. The third-order valence-electron chi connectivity index (χ3n) is 3.41. The number of fused-ring (bicyclic) bond motifs is 1. The summed E-state index contributed by atoms with van der Waals surface area (Å²) in [7, 11) is 0. The first kappa shape index (κ1) is 11.7.